The number of allylic oxidation sites excluding steroid dienone is 1. The minimum atomic E-state index is -1.29. The third-order valence-corrected chi connectivity index (χ3v) is 6.53. The summed E-state index contributed by atoms with van der Waals surface area (Å²) in [6.07, 6.45) is 5.30. The number of hydrogen-bond acceptors (Lipinski definition) is 5. The lowest BCUT2D eigenvalue weighted by molar-refractivity contribution is -0.109. The summed E-state index contributed by atoms with van der Waals surface area (Å²) in [4.78, 5) is 23.6. The van der Waals surface area contributed by atoms with Crippen LogP contribution in [0, 0.1) is 12.8 Å². The van der Waals surface area contributed by atoms with Gasteiger partial charge in [0.25, 0.3) is 0 Å². The first-order valence-electron chi connectivity index (χ1n) is 9.40. The number of fused-ring (bicyclic) bond motifs is 1. The number of aldehydes is 1. The molecule has 0 amide bonds. The van der Waals surface area contributed by atoms with Crippen LogP contribution in [0.25, 0.3) is 6.08 Å². The van der Waals surface area contributed by atoms with Crippen molar-refractivity contribution in [3.05, 3.63) is 28.3 Å². The zero-order chi connectivity index (χ0) is 20.2. The van der Waals surface area contributed by atoms with Crippen molar-refractivity contribution < 1.29 is 23.8 Å². The molecule has 0 fully saturated rings. The van der Waals surface area contributed by atoms with Crippen LogP contribution in [0.4, 0.5) is 0 Å². The second-order valence-corrected chi connectivity index (χ2v) is 13.7. The minimum Gasteiger partial charge on any atom is -0.496 e. The van der Waals surface area contributed by atoms with Crippen LogP contribution in [0.15, 0.2) is 6.08 Å². The van der Waals surface area contributed by atoms with E-state index in [1.807, 2.05) is 26.0 Å². The first-order chi connectivity index (χ1) is 12.7. The summed E-state index contributed by atoms with van der Waals surface area (Å²) in [6.45, 7) is 11.5. The number of carbonyl (C=O) groups is 2. The van der Waals surface area contributed by atoms with E-state index in [1.54, 1.807) is 7.11 Å². The standard InChI is InChI=1S/C21H30O5Si/c1-7-15(12-22)8-9-16-19(24-3)14(2)17-13-26-21(23)18(17)20(16)25-10-11-27(4,5)6/h8-9,12,15H,7,10-11,13H2,1-6H3/b9-8+. The predicted molar refractivity (Wildman–Crippen MR) is 109 cm³/mol. The summed E-state index contributed by atoms with van der Waals surface area (Å²) in [5.74, 6) is 0.609. The Kier molecular flexibility index (Phi) is 6.87. The monoisotopic (exact) mass is 390 g/mol. The zero-order valence-electron chi connectivity index (χ0n) is 17.2. The molecule has 0 bridgehead atoms. The molecule has 1 aliphatic rings. The van der Waals surface area contributed by atoms with Gasteiger partial charge in [-0.2, -0.15) is 0 Å². The lowest BCUT2D eigenvalue weighted by Crippen LogP contribution is -2.23. The Morgan fingerprint density at radius 2 is 1.96 bits per heavy atom. The molecule has 27 heavy (non-hydrogen) atoms. The molecule has 0 aromatic heterocycles. The first kappa shape index (κ1) is 21.2. The lowest BCUT2D eigenvalue weighted by atomic mass is 9.95. The van der Waals surface area contributed by atoms with Crippen molar-refractivity contribution in [1.29, 1.82) is 0 Å². The van der Waals surface area contributed by atoms with Crippen molar-refractivity contribution in [2.24, 2.45) is 5.92 Å². The fourth-order valence-electron chi connectivity index (χ4n) is 3.03. The van der Waals surface area contributed by atoms with Gasteiger partial charge in [-0.25, -0.2) is 4.79 Å². The number of esters is 1. The van der Waals surface area contributed by atoms with Crippen LogP contribution in [0.3, 0.4) is 0 Å². The summed E-state index contributed by atoms with van der Waals surface area (Å²) in [5, 5.41) is 0. The molecule has 1 atom stereocenters. The molecule has 1 aromatic rings. The highest BCUT2D eigenvalue weighted by atomic mass is 28.3. The fraction of sp³-hybridized carbons (Fsp3) is 0.524. The maximum absolute atomic E-state index is 12.4. The first-order valence-corrected chi connectivity index (χ1v) is 13.1. The molecule has 1 heterocycles. The third-order valence-electron chi connectivity index (χ3n) is 4.82. The van der Waals surface area contributed by atoms with E-state index in [0.717, 1.165) is 23.5 Å². The number of cyclic esters (lactones) is 1. The Morgan fingerprint density at radius 1 is 1.26 bits per heavy atom. The van der Waals surface area contributed by atoms with Gasteiger partial charge in [0.2, 0.25) is 0 Å². The second-order valence-electron chi connectivity index (χ2n) is 8.06. The van der Waals surface area contributed by atoms with Gasteiger partial charge >= 0.3 is 5.97 Å². The van der Waals surface area contributed by atoms with Gasteiger partial charge in [0.1, 0.15) is 30.0 Å². The van der Waals surface area contributed by atoms with E-state index in [1.165, 1.54) is 0 Å². The Bertz CT molecular complexity index is 746. The summed E-state index contributed by atoms with van der Waals surface area (Å²) < 4.78 is 17.1. The molecule has 1 unspecified atom stereocenters. The molecule has 5 nitrogen and oxygen atoms in total. The molecular weight excluding hydrogens is 360 g/mol. The molecule has 0 aliphatic carbocycles. The summed E-state index contributed by atoms with van der Waals surface area (Å²) >= 11 is 0. The number of methoxy groups -OCH3 is 1. The van der Waals surface area contributed by atoms with Gasteiger partial charge in [0.05, 0.1) is 19.3 Å². The number of hydrogen-bond donors (Lipinski definition) is 0. The molecule has 0 N–H and O–H groups in total. The number of benzene rings is 1. The van der Waals surface area contributed by atoms with Gasteiger partial charge in [0, 0.05) is 19.6 Å². The quantitative estimate of drug-likeness (QED) is 0.349. The highest BCUT2D eigenvalue weighted by Gasteiger charge is 2.33. The Morgan fingerprint density at radius 3 is 2.52 bits per heavy atom. The number of carbonyl (C=O) groups excluding carboxylic acids is 2. The van der Waals surface area contributed by atoms with Crippen molar-refractivity contribution in [1.82, 2.24) is 0 Å². The average Bonchev–Trinajstić information content (AvgIpc) is 2.99. The molecule has 1 aliphatic heterocycles. The van der Waals surface area contributed by atoms with E-state index in [0.29, 0.717) is 35.7 Å². The Hall–Kier alpha value is -2.08. The van der Waals surface area contributed by atoms with Crippen LogP contribution in [-0.2, 0) is 16.1 Å². The van der Waals surface area contributed by atoms with Crippen molar-refractivity contribution >= 4 is 26.4 Å². The topological polar surface area (TPSA) is 61.8 Å². The van der Waals surface area contributed by atoms with Crippen LogP contribution >= 0.6 is 0 Å². The van der Waals surface area contributed by atoms with Crippen molar-refractivity contribution in [2.75, 3.05) is 13.7 Å². The minimum absolute atomic E-state index is 0.190. The Labute approximate surface area is 162 Å². The molecule has 0 spiro atoms. The van der Waals surface area contributed by atoms with Gasteiger partial charge in [0.15, 0.2) is 0 Å². The number of ether oxygens (including phenoxy) is 3. The van der Waals surface area contributed by atoms with Crippen LogP contribution in [0.2, 0.25) is 25.7 Å². The molecular formula is C21H30O5Si. The maximum atomic E-state index is 12.4. The van der Waals surface area contributed by atoms with Crippen molar-refractivity contribution in [3.8, 4) is 11.5 Å². The smallest absolute Gasteiger partial charge is 0.342 e. The van der Waals surface area contributed by atoms with Gasteiger partial charge in [-0.3, -0.25) is 0 Å². The molecule has 1 aromatic carbocycles. The summed E-state index contributed by atoms with van der Waals surface area (Å²) in [7, 11) is 0.315. The van der Waals surface area contributed by atoms with E-state index in [4.69, 9.17) is 14.2 Å². The lowest BCUT2D eigenvalue weighted by Gasteiger charge is -2.20. The highest BCUT2D eigenvalue weighted by molar-refractivity contribution is 6.76. The molecule has 0 saturated carbocycles. The third kappa shape index (κ3) is 4.80. The van der Waals surface area contributed by atoms with E-state index < -0.39 is 8.07 Å². The summed E-state index contributed by atoms with van der Waals surface area (Å²) in [5.41, 5.74) is 2.88. The van der Waals surface area contributed by atoms with E-state index in [2.05, 4.69) is 19.6 Å². The molecule has 6 heteroatoms. The maximum Gasteiger partial charge on any atom is 0.342 e. The van der Waals surface area contributed by atoms with Crippen molar-refractivity contribution in [3.63, 3.8) is 0 Å². The van der Waals surface area contributed by atoms with E-state index in [9.17, 15) is 9.59 Å². The fourth-order valence-corrected chi connectivity index (χ4v) is 3.74. The van der Waals surface area contributed by atoms with Crippen LogP contribution in [0.5, 0.6) is 11.5 Å². The average molecular weight is 391 g/mol. The Balaban J connectivity index is 2.56. The zero-order valence-corrected chi connectivity index (χ0v) is 18.2. The van der Waals surface area contributed by atoms with Crippen LogP contribution in [-0.4, -0.2) is 34.0 Å². The highest BCUT2D eigenvalue weighted by Crippen LogP contribution is 2.43. The van der Waals surface area contributed by atoms with E-state index in [-0.39, 0.29) is 18.5 Å². The van der Waals surface area contributed by atoms with Gasteiger partial charge in [-0.15, -0.1) is 0 Å². The van der Waals surface area contributed by atoms with Gasteiger partial charge in [-0.1, -0.05) is 38.7 Å². The van der Waals surface area contributed by atoms with Gasteiger partial charge < -0.3 is 19.0 Å². The van der Waals surface area contributed by atoms with E-state index >= 15 is 0 Å². The number of rotatable bonds is 9. The normalized spacial score (nSPS) is 14.8. The molecule has 2 rings (SSSR count). The summed E-state index contributed by atoms with van der Waals surface area (Å²) in [6, 6.07) is 0.974. The SMILES string of the molecule is CCC(C=O)/C=C/c1c(OC)c(C)c2c(c1OCC[Si](C)(C)C)C(=O)OC2. The van der Waals surface area contributed by atoms with Crippen LogP contribution in [0.1, 0.15) is 40.4 Å². The van der Waals surface area contributed by atoms with Crippen molar-refractivity contribution in [2.45, 2.75) is 52.6 Å². The largest absolute Gasteiger partial charge is 0.496 e. The predicted octanol–water partition coefficient (Wildman–Crippen LogP) is 4.63. The second kappa shape index (κ2) is 8.74. The molecule has 0 saturated heterocycles. The molecule has 0 radical (unpaired) electrons. The van der Waals surface area contributed by atoms with Gasteiger partial charge in [-0.05, 0) is 25.0 Å². The molecule has 148 valence electrons. The van der Waals surface area contributed by atoms with Crippen LogP contribution < -0.4 is 9.47 Å².